The lowest BCUT2D eigenvalue weighted by atomic mass is 10.4. The third-order valence-electron chi connectivity index (χ3n) is 3.38. The van der Waals surface area contributed by atoms with Crippen LogP contribution in [-0.4, -0.2) is 72.2 Å². The highest BCUT2D eigenvalue weighted by Crippen LogP contribution is 2.20. The van der Waals surface area contributed by atoms with Crippen LogP contribution in [0.5, 0.6) is 0 Å². The molecule has 136 valence electrons. The molecule has 1 N–H and O–H groups in total. The van der Waals surface area contributed by atoms with Crippen LogP contribution in [0.4, 0.5) is 0 Å². The van der Waals surface area contributed by atoms with E-state index in [9.17, 15) is 4.79 Å². The summed E-state index contributed by atoms with van der Waals surface area (Å²) in [5.74, 6) is 1.92. The van der Waals surface area contributed by atoms with Crippen molar-refractivity contribution in [1.82, 2.24) is 20.1 Å². The number of rotatable bonds is 10. The van der Waals surface area contributed by atoms with E-state index < -0.39 is 0 Å². The minimum Gasteiger partial charge on any atom is -0.357 e. The molecule has 6 nitrogen and oxygen atoms in total. The van der Waals surface area contributed by atoms with Gasteiger partial charge in [0.1, 0.15) is 4.34 Å². The summed E-state index contributed by atoms with van der Waals surface area (Å²) in [5.41, 5.74) is 0. The smallest absolute Gasteiger partial charge is 0.242 e. The molecule has 0 aromatic carbocycles. The molecule has 0 bridgehead atoms. The highest BCUT2D eigenvalue weighted by molar-refractivity contribution is 8.00. The molecule has 0 fully saturated rings. The van der Waals surface area contributed by atoms with E-state index in [4.69, 9.17) is 0 Å². The Labute approximate surface area is 153 Å². The summed E-state index contributed by atoms with van der Waals surface area (Å²) in [6, 6.07) is 0. The molecule has 0 unspecified atom stereocenters. The number of amides is 1. The Morgan fingerprint density at radius 2 is 2.12 bits per heavy atom. The molecular weight excluding hydrogens is 342 g/mol. The van der Waals surface area contributed by atoms with Gasteiger partial charge in [0.2, 0.25) is 5.91 Å². The first-order valence-corrected chi connectivity index (χ1v) is 10.3. The summed E-state index contributed by atoms with van der Waals surface area (Å²) >= 11 is 3.43. The van der Waals surface area contributed by atoms with E-state index in [0.29, 0.717) is 6.54 Å². The zero-order valence-corrected chi connectivity index (χ0v) is 16.8. The van der Waals surface area contributed by atoms with Gasteiger partial charge >= 0.3 is 0 Å². The number of aliphatic imine (C=N–C) groups is 1. The van der Waals surface area contributed by atoms with Crippen LogP contribution in [0.1, 0.15) is 27.2 Å². The lowest BCUT2D eigenvalue weighted by Crippen LogP contribution is -2.45. The van der Waals surface area contributed by atoms with Gasteiger partial charge in [-0.25, -0.2) is 4.98 Å². The SMILES string of the molecule is CCNC(=NCCCSc1nccs1)N(C)CC(=O)N(CC)CC. The highest BCUT2D eigenvalue weighted by Gasteiger charge is 2.14. The maximum Gasteiger partial charge on any atom is 0.242 e. The minimum absolute atomic E-state index is 0.132. The number of hydrogen-bond acceptors (Lipinski definition) is 5. The van der Waals surface area contributed by atoms with E-state index in [0.717, 1.165) is 48.7 Å². The first-order chi connectivity index (χ1) is 11.6. The van der Waals surface area contributed by atoms with Gasteiger partial charge in [0.25, 0.3) is 0 Å². The maximum atomic E-state index is 12.2. The maximum absolute atomic E-state index is 12.2. The molecule has 24 heavy (non-hydrogen) atoms. The second-order valence-corrected chi connectivity index (χ2v) is 7.39. The molecule has 0 aliphatic heterocycles. The molecule has 1 heterocycles. The van der Waals surface area contributed by atoms with Crippen LogP contribution in [-0.2, 0) is 4.79 Å². The van der Waals surface area contributed by atoms with Gasteiger partial charge < -0.3 is 15.1 Å². The molecule has 0 radical (unpaired) electrons. The van der Waals surface area contributed by atoms with Crippen LogP contribution in [0.3, 0.4) is 0 Å². The normalized spacial score (nSPS) is 11.4. The Balaban J connectivity index is 2.43. The van der Waals surface area contributed by atoms with E-state index in [1.165, 1.54) is 0 Å². The number of nitrogens with zero attached hydrogens (tertiary/aromatic N) is 4. The molecule has 0 aliphatic rings. The third kappa shape index (κ3) is 7.53. The second kappa shape index (κ2) is 12.1. The van der Waals surface area contributed by atoms with E-state index in [1.54, 1.807) is 23.1 Å². The molecule has 0 saturated carbocycles. The van der Waals surface area contributed by atoms with Gasteiger partial charge in [0.05, 0.1) is 6.54 Å². The Bertz CT molecular complexity index is 489. The van der Waals surface area contributed by atoms with Gasteiger partial charge in [-0.15, -0.1) is 11.3 Å². The average Bonchev–Trinajstić information content (AvgIpc) is 3.08. The molecule has 0 spiro atoms. The molecule has 8 heteroatoms. The van der Waals surface area contributed by atoms with Gasteiger partial charge in [-0.1, -0.05) is 11.8 Å². The number of thiazole rings is 1. The van der Waals surface area contributed by atoms with Crippen molar-refractivity contribution in [3.8, 4) is 0 Å². The van der Waals surface area contributed by atoms with Crippen LogP contribution in [0.2, 0.25) is 0 Å². The predicted molar refractivity (Wildman–Crippen MR) is 104 cm³/mol. The molecule has 0 aliphatic carbocycles. The van der Waals surface area contributed by atoms with Crippen molar-refractivity contribution in [2.45, 2.75) is 31.5 Å². The van der Waals surface area contributed by atoms with Crippen LogP contribution in [0, 0.1) is 0 Å². The largest absolute Gasteiger partial charge is 0.357 e. The van der Waals surface area contributed by atoms with Crippen molar-refractivity contribution in [1.29, 1.82) is 0 Å². The quantitative estimate of drug-likeness (QED) is 0.296. The van der Waals surface area contributed by atoms with E-state index >= 15 is 0 Å². The lowest BCUT2D eigenvalue weighted by Gasteiger charge is -2.25. The summed E-state index contributed by atoms with van der Waals surface area (Å²) in [5, 5.41) is 5.25. The van der Waals surface area contributed by atoms with Crippen molar-refractivity contribution >= 4 is 35.0 Å². The summed E-state index contributed by atoms with van der Waals surface area (Å²) in [6.45, 7) is 9.40. The first-order valence-electron chi connectivity index (χ1n) is 8.41. The average molecular weight is 372 g/mol. The van der Waals surface area contributed by atoms with Crippen molar-refractivity contribution in [2.75, 3.05) is 45.5 Å². The standard InChI is InChI=1S/C16H29N5OS2/c1-5-17-15(20(4)13-14(22)21(6-2)7-3)18-9-8-11-23-16-19-10-12-24-16/h10,12H,5-9,11,13H2,1-4H3,(H,17,18). The topological polar surface area (TPSA) is 60.8 Å². The number of nitrogens with one attached hydrogen (secondary N) is 1. The fourth-order valence-corrected chi connectivity index (χ4v) is 3.75. The number of likely N-dealkylation sites (N-methyl/N-ethyl adjacent to an activating group) is 2. The Hall–Kier alpha value is -1.28. The zero-order valence-electron chi connectivity index (χ0n) is 15.1. The molecule has 1 amide bonds. The predicted octanol–water partition coefficient (Wildman–Crippen LogP) is 2.39. The van der Waals surface area contributed by atoms with E-state index in [2.05, 4.69) is 15.3 Å². The summed E-state index contributed by atoms with van der Waals surface area (Å²) in [7, 11) is 1.91. The molecule has 0 atom stereocenters. The van der Waals surface area contributed by atoms with Crippen LogP contribution in [0.25, 0.3) is 0 Å². The first kappa shape index (κ1) is 20.8. The minimum atomic E-state index is 0.132. The summed E-state index contributed by atoms with van der Waals surface area (Å²) in [6.07, 6.45) is 2.81. The monoisotopic (exact) mass is 371 g/mol. The number of carbonyl (C=O) groups excluding carboxylic acids is 1. The van der Waals surface area contributed by atoms with Crippen molar-refractivity contribution in [2.24, 2.45) is 4.99 Å². The van der Waals surface area contributed by atoms with Crippen LogP contribution >= 0.6 is 23.1 Å². The third-order valence-corrected chi connectivity index (χ3v) is 5.44. The van der Waals surface area contributed by atoms with E-state index in [1.807, 2.05) is 49.2 Å². The fraction of sp³-hybridized carbons (Fsp3) is 0.688. The van der Waals surface area contributed by atoms with E-state index in [-0.39, 0.29) is 5.91 Å². The number of thioether (sulfide) groups is 1. The summed E-state index contributed by atoms with van der Waals surface area (Å²) < 4.78 is 1.10. The van der Waals surface area contributed by atoms with Gasteiger partial charge in [-0.05, 0) is 27.2 Å². The van der Waals surface area contributed by atoms with Crippen molar-refractivity contribution in [3.05, 3.63) is 11.6 Å². The Morgan fingerprint density at radius 1 is 1.38 bits per heavy atom. The lowest BCUT2D eigenvalue weighted by molar-refractivity contribution is -0.131. The molecule has 1 aromatic heterocycles. The zero-order chi connectivity index (χ0) is 17.8. The van der Waals surface area contributed by atoms with Gasteiger partial charge in [0.15, 0.2) is 5.96 Å². The molecular formula is C16H29N5OS2. The molecule has 0 saturated heterocycles. The fourth-order valence-electron chi connectivity index (χ4n) is 2.11. The highest BCUT2D eigenvalue weighted by atomic mass is 32.2. The number of aromatic nitrogens is 1. The number of guanidine groups is 1. The molecule has 1 aromatic rings. The van der Waals surface area contributed by atoms with Gasteiger partial charge in [-0.2, -0.15) is 0 Å². The van der Waals surface area contributed by atoms with Crippen molar-refractivity contribution < 1.29 is 4.79 Å². The summed E-state index contributed by atoms with van der Waals surface area (Å²) in [4.78, 5) is 24.8. The van der Waals surface area contributed by atoms with Crippen LogP contribution in [0.15, 0.2) is 20.9 Å². The van der Waals surface area contributed by atoms with Crippen molar-refractivity contribution in [3.63, 3.8) is 0 Å². The molecule has 1 rings (SSSR count). The Morgan fingerprint density at radius 3 is 2.71 bits per heavy atom. The van der Waals surface area contributed by atoms with Crippen LogP contribution < -0.4 is 5.32 Å². The second-order valence-electron chi connectivity index (χ2n) is 5.16. The van der Waals surface area contributed by atoms with Gasteiger partial charge in [-0.3, -0.25) is 9.79 Å². The number of carbonyl (C=O) groups is 1. The Kier molecular flexibility index (Phi) is 10.5. The van der Waals surface area contributed by atoms with Gasteiger partial charge in [0, 0.05) is 50.6 Å². The number of hydrogen-bond donors (Lipinski definition) is 1.